The number of nitrogens with zero attached hydrogens (tertiary/aromatic N) is 2. The average Bonchev–Trinajstić information content (AvgIpc) is 2.49. The highest BCUT2D eigenvalue weighted by atomic mass is 32.2. The maximum Gasteiger partial charge on any atom is 0.154 e. The van der Waals surface area contributed by atoms with E-state index in [-0.39, 0.29) is 23.5 Å². The zero-order chi connectivity index (χ0) is 12.8. The third kappa shape index (κ3) is 2.11. The molecule has 1 unspecified atom stereocenters. The Hall–Kier alpha value is -0.880. The lowest BCUT2D eigenvalue weighted by Gasteiger charge is -2.27. The Morgan fingerprint density at radius 3 is 2.53 bits per heavy atom. The summed E-state index contributed by atoms with van der Waals surface area (Å²) in [4.78, 5) is 0. The molecular weight excluding hydrogens is 238 g/mol. The number of sulfone groups is 1. The molecule has 0 radical (unpaired) electrons. The molecule has 0 saturated carbocycles. The van der Waals surface area contributed by atoms with Crippen molar-refractivity contribution in [2.24, 2.45) is 5.73 Å². The fraction of sp³-hybridized carbons (Fsp3) is 0.727. The van der Waals surface area contributed by atoms with Crippen molar-refractivity contribution in [2.75, 3.05) is 18.1 Å². The predicted molar refractivity (Wildman–Crippen MR) is 66.9 cm³/mol. The molecule has 1 aliphatic heterocycles. The van der Waals surface area contributed by atoms with E-state index in [4.69, 9.17) is 5.73 Å². The van der Waals surface area contributed by atoms with Gasteiger partial charge in [0.25, 0.3) is 0 Å². The summed E-state index contributed by atoms with van der Waals surface area (Å²) in [5.41, 5.74) is 8.87. The Balaban J connectivity index is 2.32. The Labute approximate surface area is 102 Å². The summed E-state index contributed by atoms with van der Waals surface area (Å²) in [6.45, 7) is 6.60. The van der Waals surface area contributed by atoms with Crippen LogP contribution in [0.3, 0.4) is 0 Å². The van der Waals surface area contributed by atoms with E-state index in [2.05, 4.69) is 12.0 Å². The van der Waals surface area contributed by atoms with Gasteiger partial charge in [-0.1, -0.05) is 6.92 Å². The van der Waals surface area contributed by atoms with Gasteiger partial charge in [-0.15, -0.1) is 0 Å². The highest BCUT2D eigenvalue weighted by Crippen LogP contribution is 2.29. The average molecular weight is 257 g/mol. The fourth-order valence-electron chi connectivity index (χ4n) is 2.54. The Kier molecular flexibility index (Phi) is 3.03. The van der Waals surface area contributed by atoms with Crippen LogP contribution in [0.4, 0.5) is 0 Å². The lowest BCUT2D eigenvalue weighted by molar-refractivity contribution is 0.463. The van der Waals surface area contributed by atoms with Crippen molar-refractivity contribution in [3.8, 4) is 0 Å². The molecule has 1 atom stereocenters. The van der Waals surface area contributed by atoms with Gasteiger partial charge in [-0.25, -0.2) is 8.42 Å². The molecular formula is C11H19N3O2S. The first-order valence-corrected chi connectivity index (χ1v) is 7.64. The summed E-state index contributed by atoms with van der Waals surface area (Å²) < 4.78 is 24.3. The molecule has 96 valence electrons. The smallest absolute Gasteiger partial charge is 0.154 e. The molecule has 17 heavy (non-hydrogen) atoms. The molecule has 1 aliphatic rings. The molecule has 2 rings (SSSR count). The van der Waals surface area contributed by atoms with Crippen LogP contribution in [0, 0.1) is 13.8 Å². The van der Waals surface area contributed by atoms with Crippen molar-refractivity contribution in [2.45, 2.75) is 32.7 Å². The van der Waals surface area contributed by atoms with E-state index < -0.39 is 9.84 Å². The monoisotopic (exact) mass is 257 g/mol. The van der Waals surface area contributed by atoms with E-state index in [1.807, 2.05) is 18.5 Å². The van der Waals surface area contributed by atoms with Crippen molar-refractivity contribution in [1.29, 1.82) is 0 Å². The first kappa shape index (κ1) is 12.6. The van der Waals surface area contributed by atoms with Gasteiger partial charge in [-0.3, -0.25) is 4.68 Å². The first-order valence-electron chi connectivity index (χ1n) is 5.82. The van der Waals surface area contributed by atoms with Crippen LogP contribution in [0.1, 0.15) is 35.8 Å². The quantitative estimate of drug-likeness (QED) is 0.857. The second kappa shape index (κ2) is 4.10. The third-order valence-corrected chi connectivity index (χ3v) is 5.25. The molecule has 1 aromatic heterocycles. The molecule has 5 nitrogen and oxygen atoms in total. The number of aryl methyl sites for hydroxylation is 1. The minimum absolute atomic E-state index is 0.0115. The molecule has 1 aromatic rings. The number of hydrogen-bond acceptors (Lipinski definition) is 4. The van der Waals surface area contributed by atoms with Crippen LogP contribution in [0.15, 0.2) is 0 Å². The van der Waals surface area contributed by atoms with Crippen LogP contribution in [0.5, 0.6) is 0 Å². The molecule has 2 N–H and O–H groups in total. The van der Waals surface area contributed by atoms with E-state index in [9.17, 15) is 8.42 Å². The van der Waals surface area contributed by atoms with Gasteiger partial charge in [0.05, 0.1) is 23.2 Å². The van der Waals surface area contributed by atoms with Crippen molar-refractivity contribution in [3.05, 3.63) is 17.0 Å². The van der Waals surface area contributed by atoms with Gasteiger partial charge in [0, 0.05) is 11.3 Å². The summed E-state index contributed by atoms with van der Waals surface area (Å²) in [6.07, 6.45) is 0. The van der Waals surface area contributed by atoms with Gasteiger partial charge >= 0.3 is 0 Å². The van der Waals surface area contributed by atoms with Crippen molar-refractivity contribution in [1.82, 2.24) is 9.78 Å². The van der Waals surface area contributed by atoms with Gasteiger partial charge in [-0.05, 0) is 26.3 Å². The highest BCUT2D eigenvalue weighted by molar-refractivity contribution is 7.92. The highest BCUT2D eigenvalue weighted by Gasteiger charge is 2.36. The first-order chi connectivity index (χ1) is 7.85. The molecule has 0 aliphatic carbocycles. The molecule has 1 saturated heterocycles. The second-order valence-electron chi connectivity index (χ2n) is 4.90. The van der Waals surface area contributed by atoms with E-state index >= 15 is 0 Å². The molecule has 6 heteroatoms. The summed E-state index contributed by atoms with van der Waals surface area (Å²) in [5, 5.41) is 4.46. The summed E-state index contributed by atoms with van der Waals surface area (Å²) in [6, 6.07) is 0.0115. The van der Waals surface area contributed by atoms with Crippen molar-refractivity contribution in [3.63, 3.8) is 0 Å². The zero-order valence-corrected chi connectivity index (χ0v) is 11.3. The second-order valence-corrected chi connectivity index (χ2v) is 7.05. The molecule has 0 bridgehead atoms. The van der Waals surface area contributed by atoms with E-state index in [1.165, 1.54) is 0 Å². The standard InChI is InChI=1S/C11H19N3O2S/c1-7(4-12)11-8(2)13-14(9(11)3)10-5-17(15,16)6-10/h7,10H,4-6,12H2,1-3H3. The molecule has 0 spiro atoms. The molecule has 0 amide bonds. The van der Waals surface area contributed by atoms with E-state index in [1.54, 1.807) is 0 Å². The van der Waals surface area contributed by atoms with Crippen LogP contribution < -0.4 is 5.73 Å². The van der Waals surface area contributed by atoms with Crippen LogP contribution >= 0.6 is 0 Å². The third-order valence-electron chi connectivity index (χ3n) is 3.47. The Bertz CT molecular complexity index is 521. The van der Waals surface area contributed by atoms with Crippen LogP contribution in [-0.2, 0) is 9.84 Å². The number of nitrogens with two attached hydrogens (primary N) is 1. The fourth-order valence-corrected chi connectivity index (χ4v) is 3.90. The number of hydrogen-bond donors (Lipinski definition) is 1. The van der Waals surface area contributed by atoms with Crippen LogP contribution in [0.2, 0.25) is 0 Å². The van der Waals surface area contributed by atoms with E-state index in [0.29, 0.717) is 6.54 Å². The predicted octanol–water partition coefficient (Wildman–Crippen LogP) is 0.532. The maximum atomic E-state index is 11.2. The van der Waals surface area contributed by atoms with Gasteiger partial charge in [0.2, 0.25) is 0 Å². The largest absolute Gasteiger partial charge is 0.330 e. The number of rotatable bonds is 3. The SMILES string of the molecule is Cc1nn(C2CS(=O)(=O)C2)c(C)c1C(C)CN. The normalized spacial score (nSPS) is 21.2. The summed E-state index contributed by atoms with van der Waals surface area (Å²) in [5.74, 6) is 0.692. The van der Waals surface area contributed by atoms with Gasteiger partial charge in [-0.2, -0.15) is 5.10 Å². The van der Waals surface area contributed by atoms with Crippen molar-refractivity contribution >= 4 is 9.84 Å². The minimum atomic E-state index is -2.81. The van der Waals surface area contributed by atoms with Crippen LogP contribution in [0.25, 0.3) is 0 Å². The van der Waals surface area contributed by atoms with E-state index in [0.717, 1.165) is 17.0 Å². The lowest BCUT2D eigenvalue weighted by Crippen LogP contribution is -2.39. The molecule has 0 aromatic carbocycles. The Morgan fingerprint density at radius 2 is 2.06 bits per heavy atom. The topological polar surface area (TPSA) is 78.0 Å². The summed E-state index contributed by atoms with van der Waals surface area (Å²) in [7, 11) is -2.81. The minimum Gasteiger partial charge on any atom is -0.330 e. The lowest BCUT2D eigenvalue weighted by atomic mass is 9.99. The van der Waals surface area contributed by atoms with Crippen LogP contribution in [-0.4, -0.2) is 36.2 Å². The Morgan fingerprint density at radius 1 is 1.47 bits per heavy atom. The zero-order valence-electron chi connectivity index (χ0n) is 10.5. The number of aromatic nitrogens is 2. The van der Waals surface area contributed by atoms with Gasteiger partial charge in [0.15, 0.2) is 9.84 Å². The maximum absolute atomic E-state index is 11.2. The van der Waals surface area contributed by atoms with Gasteiger partial charge in [0.1, 0.15) is 0 Å². The summed E-state index contributed by atoms with van der Waals surface area (Å²) >= 11 is 0. The van der Waals surface area contributed by atoms with Gasteiger partial charge < -0.3 is 5.73 Å². The molecule has 2 heterocycles. The molecule has 1 fully saturated rings. The van der Waals surface area contributed by atoms with Crippen molar-refractivity contribution < 1.29 is 8.42 Å².